The monoisotopic (exact) mass is 428 g/mol. The Morgan fingerprint density at radius 2 is 1.59 bits per heavy atom. The number of rotatable bonds is 2. The zero-order valence-corrected chi connectivity index (χ0v) is 19.1. The van der Waals surface area contributed by atoms with E-state index in [1.165, 1.54) is 4.90 Å². The maximum absolute atomic E-state index is 13.8. The number of hydrogen-bond acceptors (Lipinski definition) is 4. The van der Waals surface area contributed by atoms with Gasteiger partial charge in [0.25, 0.3) is 0 Å². The normalized spacial score (nSPS) is 26.3. The summed E-state index contributed by atoms with van der Waals surface area (Å²) in [5.74, 6) is -1.79. The van der Waals surface area contributed by atoms with Crippen LogP contribution in [0.25, 0.3) is 6.08 Å². The maximum Gasteiger partial charge on any atom is 0.240 e. The van der Waals surface area contributed by atoms with Gasteiger partial charge in [-0.05, 0) is 54.3 Å². The molecule has 0 bridgehead atoms. The number of aryl methyl sites for hydroxylation is 2. The van der Waals surface area contributed by atoms with Crippen LogP contribution < -0.4 is 4.90 Å². The molecule has 5 nitrogen and oxygen atoms in total. The Kier molecular flexibility index (Phi) is 4.45. The Bertz CT molecular complexity index is 1190. The lowest BCUT2D eigenvalue weighted by Gasteiger charge is -2.37. The van der Waals surface area contributed by atoms with E-state index in [1.807, 2.05) is 94.3 Å². The lowest BCUT2D eigenvalue weighted by atomic mass is 9.79. The molecule has 2 aromatic rings. The van der Waals surface area contributed by atoms with Gasteiger partial charge in [-0.3, -0.25) is 14.4 Å². The minimum Gasteiger partial charge on any atom is -0.359 e. The second kappa shape index (κ2) is 6.89. The van der Waals surface area contributed by atoms with E-state index in [0.29, 0.717) is 5.69 Å². The summed E-state index contributed by atoms with van der Waals surface area (Å²) in [6.45, 7) is 9.61. The number of Topliss-reactive ketones (excluding diaryl/α,β-unsaturated/α-hetero) is 1. The summed E-state index contributed by atoms with van der Waals surface area (Å²) >= 11 is 0. The molecule has 2 amide bonds. The first kappa shape index (κ1) is 20.7. The van der Waals surface area contributed by atoms with E-state index in [4.69, 9.17) is 0 Å². The van der Waals surface area contributed by atoms with Gasteiger partial charge in [-0.25, -0.2) is 4.90 Å². The van der Waals surface area contributed by atoms with Crippen molar-refractivity contribution in [1.29, 1.82) is 0 Å². The zero-order chi connectivity index (χ0) is 22.9. The fourth-order valence-electron chi connectivity index (χ4n) is 5.42. The molecule has 3 heterocycles. The molecule has 2 fully saturated rings. The zero-order valence-electron chi connectivity index (χ0n) is 19.1. The van der Waals surface area contributed by atoms with Crippen LogP contribution in [0.1, 0.15) is 49.1 Å². The molecule has 4 atom stereocenters. The molecular formula is C27H28N2O3. The minimum absolute atomic E-state index is 0.0119. The van der Waals surface area contributed by atoms with Crippen LogP contribution in [0, 0.1) is 31.1 Å². The molecule has 2 saturated heterocycles. The van der Waals surface area contributed by atoms with Crippen molar-refractivity contribution in [2.24, 2.45) is 17.3 Å². The summed E-state index contributed by atoms with van der Waals surface area (Å²) in [5.41, 5.74) is 4.11. The van der Waals surface area contributed by atoms with Crippen LogP contribution in [0.5, 0.6) is 0 Å². The molecule has 0 aromatic heterocycles. The smallest absolute Gasteiger partial charge is 0.240 e. The highest BCUT2D eigenvalue weighted by Crippen LogP contribution is 2.54. The number of amides is 2. The van der Waals surface area contributed by atoms with Crippen molar-refractivity contribution >= 4 is 29.4 Å². The van der Waals surface area contributed by atoms with Crippen LogP contribution >= 0.6 is 0 Å². The molecule has 3 aliphatic rings. The van der Waals surface area contributed by atoms with Crippen molar-refractivity contribution in [3.63, 3.8) is 0 Å². The molecule has 0 spiro atoms. The van der Waals surface area contributed by atoms with Gasteiger partial charge in [-0.2, -0.15) is 0 Å². The molecule has 0 radical (unpaired) electrons. The van der Waals surface area contributed by atoms with Crippen molar-refractivity contribution in [3.05, 3.63) is 70.9 Å². The molecular weight excluding hydrogens is 400 g/mol. The summed E-state index contributed by atoms with van der Waals surface area (Å²) in [6.07, 6.45) is 3.88. The Balaban J connectivity index is 1.67. The van der Waals surface area contributed by atoms with Crippen LogP contribution in [0.3, 0.4) is 0 Å². The van der Waals surface area contributed by atoms with Crippen LogP contribution in [-0.2, 0) is 14.4 Å². The quantitative estimate of drug-likeness (QED) is 0.664. The second-order valence-electron chi connectivity index (χ2n) is 10.2. The number of anilines is 1. The minimum atomic E-state index is -0.698. The molecule has 164 valence electrons. The fraction of sp³-hybridized carbons (Fsp3) is 0.370. The van der Waals surface area contributed by atoms with Gasteiger partial charge in [0.1, 0.15) is 6.04 Å². The van der Waals surface area contributed by atoms with Gasteiger partial charge < -0.3 is 4.90 Å². The van der Waals surface area contributed by atoms with Crippen molar-refractivity contribution in [2.45, 2.75) is 46.7 Å². The third kappa shape index (κ3) is 2.80. The van der Waals surface area contributed by atoms with Gasteiger partial charge in [0.15, 0.2) is 5.78 Å². The number of carbonyl (C=O) groups excluding carboxylic acids is 3. The average molecular weight is 429 g/mol. The standard InChI is InChI=1S/C27H28N2O3/c1-15-10-11-18(14-16(15)2)29-25(31)20-21(26(29)32)23(24(30)27(3,4)5)28-13-12-17-8-6-7-9-19(17)22(20)28/h6-14,20-23H,1-5H3. The van der Waals surface area contributed by atoms with Crippen LogP contribution in [-0.4, -0.2) is 28.5 Å². The van der Waals surface area contributed by atoms with E-state index in [9.17, 15) is 14.4 Å². The predicted octanol–water partition coefficient (Wildman–Crippen LogP) is 4.43. The molecule has 2 aromatic carbocycles. The Hall–Kier alpha value is -3.21. The van der Waals surface area contributed by atoms with E-state index in [2.05, 4.69) is 0 Å². The first-order valence-electron chi connectivity index (χ1n) is 11.1. The van der Waals surface area contributed by atoms with Gasteiger partial charge >= 0.3 is 0 Å². The third-order valence-electron chi connectivity index (χ3n) is 7.22. The number of hydrogen-bond donors (Lipinski definition) is 0. The topological polar surface area (TPSA) is 57.7 Å². The number of fused-ring (bicyclic) bond motifs is 5. The summed E-state index contributed by atoms with van der Waals surface area (Å²) in [6, 6.07) is 12.6. The van der Waals surface area contributed by atoms with Crippen LogP contribution in [0.4, 0.5) is 5.69 Å². The van der Waals surface area contributed by atoms with E-state index in [0.717, 1.165) is 22.3 Å². The fourth-order valence-corrected chi connectivity index (χ4v) is 5.42. The molecule has 0 aliphatic carbocycles. The highest BCUT2D eigenvalue weighted by atomic mass is 16.2. The van der Waals surface area contributed by atoms with E-state index in [1.54, 1.807) is 0 Å². The number of imide groups is 1. The Morgan fingerprint density at radius 3 is 2.28 bits per heavy atom. The van der Waals surface area contributed by atoms with Crippen molar-refractivity contribution in [2.75, 3.05) is 4.90 Å². The number of ketones is 1. The van der Waals surface area contributed by atoms with Gasteiger partial charge in [0, 0.05) is 11.6 Å². The first-order chi connectivity index (χ1) is 15.1. The first-order valence-corrected chi connectivity index (χ1v) is 11.1. The average Bonchev–Trinajstić information content (AvgIpc) is 3.22. The lowest BCUT2D eigenvalue weighted by molar-refractivity contribution is -0.135. The van der Waals surface area contributed by atoms with Crippen LogP contribution in [0.15, 0.2) is 48.7 Å². The number of benzene rings is 2. The summed E-state index contributed by atoms with van der Waals surface area (Å²) < 4.78 is 0. The third-order valence-corrected chi connectivity index (χ3v) is 7.22. The predicted molar refractivity (Wildman–Crippen MR) is 124 cm³/mol. The molecule has 4 unspecified atom stereocenters. The summed E-state index contributed by atoms with van der Waals surface area (Å²) in [4.78, 5) is 44.5. The molecule has 5 heteroatoms. The van der Waals surface area contributed by atoms with E-state index >= 15 is 0 Å². The summed E-state index contributed by atoms with van der Waals surface area (Å²) in [5, 5.41) is 0. The maximum atomic E-state index is 13.8. The molecule has 0 saturated carbocycles. The van der Waals surface area contributed by atoms with Crippen LogP contribution in [0.2, 0.25) is 0 Å². The van der Waals surface area contributed by atoms with E-state index < -0.39 is 23.3 Å². The van der Waals surface area contributed by atoms with E-state index in [-0.39, 0.29) is 23.6 Å². The molecule has 5 rings (SSSR count). The van der Waals surface area contributed by atoms with Crippen molar-refractivity contribution < 1.29 is 14.4 Å². The number of carbonyl (C=O) groups is 3. The highest BCUT2D eigenvalue weighted by molar-refractivity contribution is 6.24. The van der Waals surface area contributed by atoms with Crippen molar-refractivity contribution in [3.8, 4) is 0 Å². The van der Waals surface area contributed by atoms with Gasteiger partial charge in [-0.1, -0.05) is 51.1 Å². The van der Waals surface area contributed by atoms with Crippen molar-refractivity contribution in [1.82, 2.24) is 4.90 Å². The van der Waals surface area contributed by atoms with Gasteiger partial charge in [0.05, 0.1) is 23.6 Å². The SMILES string of the molecule is Cc1ccc(N2C(=O)C3C(C2=O)C2c4ccccc4C=CN2C3C(=O)C(C)(C)C)cc1C. The second-order valence-corrected chi connectivity index (χ2v) is 10.2. The largest absolute Gasteiger partial charge is 0.359 e. The lowest BCUT2D eigenvalue weighted by Crippen LogP contribution is -2.47. The van der Waals surface area contributed by atoms with Gasteiger partial charge in [-0.15, -0.1) is 0 Å². The summed E-state index contributed by atoms with van der Waals surface area (Å²) in [7, 11) is 0. The Labute approximate surface area is 188 Å². The Morgan fingerprint density at radius 1 is 0.906 bits per heavy atom. The number of nitrogens with zero attached hydrogens (tertiary/aromatic N) is 2. The molecule has 0 N–H and O–H groups in total. The molecule has 3 aliphatic heterocycles. The van der Waals surface area contributed by atoms with Gasteiger partial charge in [0.2, 0.25) is 11.8 Å². The highest BCUT2D eigenvalue weighted by Gasteiger charge is 2.65. The molecule has 32 heavy (non-hydrogen) atoms.